The van der Waals surface area contributed by atoms with Crippen molar-refractivity contribution in [2.75, 3.05) is 26.9 Å². The van der Waals surface area contributed by atoms with Crippen LogP contribution in [0.3, 0.4) is 0 Å². The number of hydrogen-bond acceptors (Lipinski definition) is 4. The molecule has 1 aromatic rings. The van der Waals surface area contributed by atoms with Crippen LogP contribution in [0, 0.1) is 0 Å². The van der Waals surface area contributed by atoms with E-state index in [2.05, 4.69) is 21.1 Å². The molecule has 1 atom stereocenters. The number of nitrogens with zero attached hydrogens (tertiary/aromatic N) is 2. The van der Waals surface area contributed by atoms with Gasteiger partial charge in [0.15, 0.2) is 0 Å². The molecule has 0 aromatic carbocycles. The first-order valence-electron chi connectivity index (χ1n) is 6.70. The molecule has 0 saturated carbocycles. The monoisotopic (exact) mass is 253 g/mol. The SMILES string of the molecule is COCCNCc1cn(CCC2CCCO2)cn1. The highest BCUT2D eigenvalue weighted by Crippen LogP contribution is 2.15. The van der Waals surface area contributed by atoms with Gasteiger partial charge in [-0.2, -0.15) is 0 Å². The van der Waals surface area contributed by atoms with Crippen molar-refractivity contribution in [3.8, 4) is 0 Å². The van der Waals surface area contributed by atoms with Crippen molar-refractivity contribution in [1.29, 1.82) is 0 Å². The quantitative estimate of drug-likeness (QED) is 0.707. The molecule has 2 rings (SSSR count). The zero-order valence-electron chi connectivity index (χ0n) is 11.1. The maximum absolute atomic E-state index is 5.61. The van der Waals surface area contributed by atoms with Gasteiger partial charge in [-0.25, -0.2) is 4.98 Å². The number of ether oxygens (including phenoxy) is 2. The van der Waals surface area contributed by atoms with Crippen LogP contribution in [0.4, 0.5) is 0 Å². The lowest BCUT2D eigenvalue weighted by atomic mass is 10.2. The lowest BCUT2D eigenvalue weighted by Crippen LogP contribution is -2.18. The molecule has 1 fully saturated rings. The van der Waals surface area contributed by atoms with Crippen molar-refractivity contribution in [3.63, 3.8) is 0 Å². The molecule has 5 heteroatoms. The second kappa shape index (κ2) is 7.51. The molecule has 1 N–H and O–H groups in total. The summed E-state index contributed by atoms with van der Waals surface area (Å²) in [5, 5.41) is 3.29. The fourth-order valence-corrected chi connectivity index (χ4v) is 2.18. The van der Waals surface area contributed by atoms with Crippen LogP contribution in [0.5, 0.6) is 0 Å². The number of methoxy groups -OCH3 is 1. The number of aromatic nitrogens is 2. The Morgan fingerprint density at radius 3 is 3.33 bits per heavy atom. The van der Waals surface area contributed by atoms with E-state index < -0.39 is 0 Å². The van der Waals surface area contributed by atoms with Gasteiger partial charge in [0, 0.05) is 39.5 Å². The van der Waals surface area contributed by atoms with E-state index in [4.69, 9.17) is 9.47 Å². The molecule has 1 aromatic heterocycles. The first-order valence-corrected chi connectivity index (χ1v) is 6.70. The van der Waals surface area contributed by atoms with E-state index in [0.717, 1.165) is 45.0 Å². The minimum atomic E-state index is 0.454. The predicted octanol–water partition coefficient (Wildman–Crippen LogP) is 1.19. The van der Waals surface area contributed by atoms with Crippen molar-refractivity contribution in [2.45, 2.75) is 38.5 Å². The summed E-state index contributed by atoms with van der Waals surface area (Å²) in [5.41, 5.74) is 1.08. The van der Waals surface area contributed by atoms with E-state index in [1.54, 1.807) is 7.11 Å². The second-order valence-corrected chi connectivity index (χ2v) is 4.70. The zero-order chi connectivity index (χ0) is 12.6. The average molecular weight is 253 g/mol. The van der Waals surface area contributed by atoms with Gasteiger partial charge in [0.05, 0.1) is 24.7 Å². The van der Waals surface area contributed by atoms with Gasteiger partial charge in [0.2, 0.25) is 0 Å². The third kappa shape index (κ3) is 4.40. The van der Waals surface area contributed by atoms with Gasteiger partial charge >= 0.3 is 0 Å². The molecule has 1 aliphatic heterocycles. The van der Waals surface area contributed by atoms with E-state index in [-0.39, 0.29) is 0 Å². The highest BCUT2D eigenvalue weighted by atomic mass is 16.5. The molecule has 0 aliphatic carbocycles. The van der Waals surface area contributed by atoms with Crippen molar-refractivity contribution in [1.82, 2.24) is 14.9 Å². The maximum atomic E-state index is 5.61. The minimum Gasteiger partial charge on any atom is -0.383 e. The van der Waals surface area contributed by atoms with Crippen LogP contribution >= 0.6 is 0 Å². The number of imidazole rings is 1. The van der Waals surface area contributed by atoms with Gasteiger partial charge in [-0.05, 0) is 19.3 Å². The normalized spacial score (nSPS) is 19.5. The van der Waals surface area contributed by atoms with Crippen LogP contribution in [0.15, 0.2) is 12.5 Å². The standard InChI is InChI=1S/C13H23N3O2/c1-17-8-5-14-9-12-10-16(11-15-12)6-4-13-3-2-7-18-13/h10-11,13-14H,2-9H2,1H3. The third-order valence-electron chi connectivity index (χ3n) is 3.21. The van der Waals surface area contributed by atoms with Gasteiger partial charge in [-0.3, -0.25) is 0 Å². The summed E-state index contributed by atoms with van der Waals surface area (Å²) in [4.78, 5) is 4.38. The Morgan fingerprint density at radius 2 is 2.56 bits per heavy atom. The van der Waals surface area contributed by atoms with E-state index in [1.807, 2.05) is 6.33 Å². The first-order chi connectivity index (χ1) is 8.88. The second-order valence-electron chi connectivity index (χ2n) is 4.70. The molecular weight excluding hydrogens is 230 g/mol. The van der Waals surface area contributed by atoms with Crippen LogP contribution in [0.2, 0.25) is 0 Å². The molecule has 1 unspecified atom stereocenters. The van der Waals surface area contributed by atoms with Gasteiger partial charge in [-0.15, -0.1) is 0 Å². The largest absolute Gasteiger partial charge is 0.383 e. The summed E-state index contributed by atoms with van der Waals surface area (Å²) < 4.78 is 12.7. The van der Waals surface area contributed by atoms with Crippen LogP contribution in [-0.4, -0.2) is 42.5 Å². The van der Waals surface area contributed by atoms with Crippen molar-refractivity contribution >= 4 is 0 Å². The molecule has 1 aliphatic rings. The Hall–Kier alpha value is -0.910. The van der Waals surface area contributed by atoms with E-state index in [0.29, 0.717) is 6.10 Å². The minimum absolute atomic E-state index is 0.454. The average Bonchev–Trinajstić information content (AvgIpc) is 3.03. The third-order valence-corrected chi connectivity index (χ3v) is 3.21. The van der Waals surface area contributed by atoms with Gasteiger partial charge < -0.3 is 19.4 Å². The first kappa shape index (κ1) is 13.5. The summed E-state index contributed by atoms with van der Waals surface area (Å²) in [6.45, 7) is 4.33. The topological polar surface area (TPSA) is 48.3 Å². The Kier molecular flexibility index (Phi) is 5.64. The molecule has 2 heterocycles. The lowest BCUT2D eigenvalue weighted by Gasteiger charge is -2.08. The van der Waals surface area contributed by atoms with Gasteiger partial charge in [0.25, 0.3) is 0 Å². The van der Waals surface area contributed by atoms with Crippen LogP contribution in [0.1, 0.15) is 25.0 Å². The van der Waals surface area contributed by atoms with E-state index in [1.165, 1.54) is 12.8 Å². The van der Waals surface area contributed by atoms with Crippen LogP contribution in [0.25, 0.3) is 0 Å². The zero-order valence-corrected chi connectivity index (χ0v) is 11.1. The molecule has 1 saturated heterocycles. The highest BCUT2D eigenvalue weighted by Gasteiger charge is 2.14. The fourth-order valence-electron chi connectivity index (χ4n) is 2.18. The number of rotatable bonds is 8. The van der Waals surface area contributed by atoms with Crippen LogP contribution < -0.4 is 5.32 Å². The Morgan fingerprint density at radius 1 is 1.61 bits per heavy atom. The molecule has 0 spiro atoms. The molecule has 5 nitrogen and oxygen atoms in total. The van der Waals surface area contributed by atoms with E-state index in [9.17, 15) is 0 Å². The Balaban J connectivity index is 1.65. The molecule has 102 valence electrons. The highest BCUT2D eigenvalue weighted by molar-refractivity contribution is 4.96. The molecule has 18 heavy (non-hydrogen) atoms. The summed E-state index contributed by atoms with van der Waals surface area (Å²) in [6.07, 6.45) is 7.98. The summed E-state index contributed by atoms with van der Waals surface area (Å²) in [6, 6.07) is 0. The smallest absolute Gasteiger partial charge is 0.0949 e. The molecule has 0 radical (unpaired) electrons. The summed E-state index contributed by atoms with van der Waals surface area (Å²) in [5.74, 6) is 0. The lowest BCUT2D eigenvalue weighted by molar-refractivity contribution is 0.100. The summed E-state index contributed by atoms with van der Waals surface area (Å²) >= 11 is 0. The van der Waals surface area contributed by atoms with Gasteiger partial charge in [-0.1, -0.05) is 0 Å². The number of hydrogen-bond donors (Lipinski definition) is 1. The Labute approximate surface area is 108 Å². The Bertz CT molecular complexity index is 335. The predicted molar refractivity (Wildman–Crippen MR) is 69.4 cm³/mol. The number of nitrogens with one attached hydrogen (secondary N) is 1. The van der Waals surface area contributed by atoms with Crippen molar-refractivity contribution < 1.29 is 9.47 Å². The van der Waals surface area contributed by atoms with Gasteiger partial charge in [0.1, 0.15) is 0 Å². The maximum Gasteiger partial charge on any atom is 0.0949 e. The van der Waals surface area contributed by atoms with Crippen molar-refractivity contribution in [3.05, 3.63) is 18.2 Å². The molecule has 0 amide bonds. The van der Waals surface area contributed by atoms with Crippen molar-refractivity contribution in [2.24, 2.45) is 0 Å². The van der Waals surface area contributed by atoms with E-state index >= 15 is 0 Å². The molecular formula is C13H23N3O2. The van der Waals surface area contributed by atoms with Crippen LogP contribution in [-0.2, 0) is 22.6 Å². The number of aryl methyl sites for hydroxylation is 1. The molecule has 0 bridgehead atoms. The fraction of sp³-hybridized carbons (Fsp3) is 0.769. The summed E-state index contributed by atoms with van der Waals surface area (Å²) in [7, 11) is 1.71.